The maximum atomic E-state index is 11.9. The molecule has 0 aromatic heterocycles. The maximum Gasteiger partial charge on any atom is 0.338 e. The molecule has 2 aromatic carbocycles. The number of esters is 1. The van der Waals surface area contributed by atoms with Gasteiger partial charge in [0.15, 0.2) is 0 Å². The summed E-state index contributed by atoms with van der Waals surface area (Å²) in [5.74, 6) is -0.839. The highest BCUT2D eigenvalue weighted by atomic mass is 16.6. The summed E-state index contributed by atoms with van der Waals surface area (Å²) in [7, 11) is 0. The van der Waals surface area contributed by atoms with E-state index in [2.05, 4.69) is 5.32 Å². The van der Waals surface area contributed by atoms with Gasteiger partial charge in [-0.05, 0) is 48.7 Å². The minimum absolute atomic E-state index is 0.169. The molecule has 2 rings (SSSR count). The molecule has 0 fully saturated rings. The van der Waals surface area contributed by atoms with E-state index in [4.69, 9.17) is 4.74 Å². The zero-order valence-corrected chi connectivity index (χ0v) is 14.2. The summed E-state index contributed by atoms with van der Waals surface area (Å²) in [6.07, 6.45) is 0. The van der Waals surface area contributed by atoms with Crippen LogP contribution >= 0.6 is 0 Å². The fraction of sp³-hybridized carbons (Fsp3) is 0.222. The summed E-state index contributed by atoms with van der Waals surface area (Å²) in [4.78, 5) is 34.0. The van der Waals surface area contributed by atoms with Crippen LogP contribution in [0.4, 0.5) is 11.4 Å². The Bertz CT molecular complexity index is 845. The highest BCUT2D eigenvalue weighted by Gasteiger charge is 2.20. The van der Waals surface area contributed by atoms with E-state index in [1.807, 2.05) is 0 Å². The van der Waals surface area contributed by atoms with Crippen LogP contribution < -0.4 is 5.32 Å². The van der Waals surface area contributed by atoms with Crippen molar-refractivity contribution in [1.82, 2.24) is 0 Å². The van der Waals surface area contributed by atoms with Gasteiger partial charge in [0, 0.05) is 13.0 Å². The van der Waals surface area contributed by atoms with Crippen LogP contribution in [-0.2, 0) is 9.53 Å². The number of benzene rings is 2. The molecule has 0 bridgehead atoms. The molecule has 0 unspecified atom stereocenters. The van der Waals surface area contributed by atoms with E-state index in [9.17, 15) is 19.7 Å². The lowest BCUT2D eigenvalue weighted by Crippen LogP contribution is -2.09. The number of anilines is 1. The van der Waals surface area contributed by atoms with Gasteiger partial charge in [-0.1, -0.05) is 12.1 Å². The number of nitro groups is 1. The van der Waals surface area contributed by atoms with Crippen molar-refractivity contribution in [3.63, 3.8) is 0 Å². The molecule has 0 radical (unpaired) electrons. The molecule has 0 spiro atoms. The van der Waals surface area contributed by atoms with Gasteiger partial charge in [0.25, 0.3) is 5.69 Å². The molecule has 1 amide bonds. The van der Waals surface area contributed by atoms with Gasteiger partial charge in [0.05, 0.1) is 17.1 Å². The third kappa shape index (κ3) is 4.20. The summed E-state index contributed by atoms with van der Waals surface area (Å²) >= 11 is 0. The van der Waals surface area contributed by atoms with Crippen molar-refractivity contribution in [3.05, 3.63) is 57.6 Å². The van der Waals surface area contributed by atoms with Gasteiger partial charge >= 0.3 is 5.97 Å². The average molecular weight is 342 g/mol. The Morgan fingerprint density at radius 2 is 1.92 bits per heavy atom. The first-order chi connectivity index (χ1) is 11.8. The molecular weight excluding hydrogens is 324 g/mol. The van der Waals surface area contributed by atoms with E-state index in [0.29, 0.717) is 22.3 Å². The zero-order valence-electron chi connectivity index (χ0n) is 14.2. The molecule has 0 saturated carbocycles. The summed E-state index contributed by atoms with van der Waals surface area (Å²) in [6.45, 7) is 4.95. The molecule has 25 heavy (non-hydrogen) atoms. The average Bonchev–Trinajstić information content (AvgIpc) is 2.56. The summed E-state index contributed by atoms with van der Waals surface area (Å²) < 4.78 is 4.97. The van der Waals surface area contributed by atoms with Crippen LogP contribution in [0.3, 0.4) is 0 Å². The van der Waals surface area contributed by atoms with E-state index in [1.165, 1.54) is 13.0 Å². The van der Waals surface area contributed by atoms with Crippen molar-refractivity contribution < 1.29 is 19.2 Å². The smallest absolute Gasteiger partial charge is 0.338 e. The van der Waals surface area contributed by atoms with E-state index in [-0.39, 0.29) is 23.9 Å². The number of ether oxygens (including phenoxy) is 1. The van der Waals surface area contributed by atoms with E-state index in [0.717, 1.165) is 0 Å². The summed E-state index contributed by atoms with van der Waals surface area (Å²) in [5.41, 5.74) is 2.11. The van der Waals surface area contributed by atoms with Gasteiger partial charge in [-0.2, -0.15) is 0 Å². The Labute approximate surface area is 144 Å². The Morgan fingerprint density at radius 1 is 1.20 bits per heavy atom. The number of amides is 1. The Kier molecular flexibility index (Phi) is 5.49. The largest absolute Gasteiger partial charge is 0.462 e. The number of rotatable bonds is 5. The van der Waals surface area contributed by atoms with Crippen molar-refractivity contribution in [2.24, 2.45) is 0 Å². The summed E-state index contributed by atoms with van der Waals surface area (Å²) in [6, 6.07) is 9.78. The van der Waals surface area contributed by atoms with Crippen molar-refractivity contribution >= 4 is 23.3 Å². The zero-order chi connectivity index (χ0) is 18.6. The van der Waals surface area contributed by atoms with Gasteiger partial charge in [-0.3, -0.25) is 14.9 Å². The van der Waals surface area contributed by atoms with Crippen LogP contribution in [0.25, 0.3) is 11.1 Å². The van der Waals surface area contributed by atoms with Crippen molar-refractivity contribution in [3.8, 4) is 11.1 Å². The molecule has 7 nitrogen and oxygen atoms in total. The van der Waals surface area contributed by atoms with Gasteiger partial charge in [-0.25, -0.2) is 4.79 Å². The number of hydrogen-bond acceptors (Lipinski definition) is 5. The molecule has 7 heteroatoms. The van der Waals surface area contributed by atoms with Crippen LogP contribution in [0.15, 0.2) is 36.4 Å². The van der Waals surface area contributed by atoms with Gasteiger partial charge in [0.2, 0.25) is 5.91 Å². The molecule has 0 aliphatic heterocycles. The number of nitrogens with one attached hydrogen (secondary N) is 1. The van der Waals surface area contributed by atoms with Gasteiger partial charge in [-0.15, -0.1) is 0 Å². The highest BCUT2D eigenvalue weighted by molar-refractivity contribution is 5.94. The van der Waals surface area contributed by atoms with Gasteiger partial charge in [0.1, 0.15) is 5.69 Å². The molecule has 0 saturated heterocycles. The number of aryl methyl sites for hydroxylation is 1. The van der Waals surface area contributed by atoms with E-state index in [1.54, 1.807) is 44.2 Å². The third-order valence-electron chi connectivity index (χ3n) is 3.52. The van der Waals surface area contributed by atoms with Crippen molar-refractivity contribution in [2.45, 2.75) is 20.8 Å². The van der Waals surface area contributed by atoms with Crippen molar-refractivity contribution in [1.29, 1.82) is 0 Å². The molecule has 0 aliphatic carbocycles. The fourth-order valence-corrected chi connectivity index (χ4v) is 2.46. The quantitative estimate of drug-likeness (QED) is 0.507. The first-order valence-electron chi connectivity index (χ1n) is 7.67. The Hall–Kier alpha value is -3.22. The second kappa shape index (κ2) is 7.57. The summed E-state index contributed by atoms with van der Waals surface area (Å²) in [5, 5.41) is 13.9. The minimum atomic E-state index is -0.545. The third-order valence-corrected chi connectivity index (χ3v) is 3.52. The SMILES string of the molecule is CCOC(=O)c1cccc(-c2cc(C)c(NC(C)=O)c([N+](=O)[O-])c2)c1. The number of carbonyl (C=O) groups is 2. The van der Waals surface area contributed by atoms with Crippen LogP contribution in [0, 0.1) is 17.0 Å². The van der Waals surface area contributed by atoms with Gasteiger partial charge < -0.3 is 10.1 Å². The fourth-order valence-electron chi connectivity index (χ4n) is 2.46. The molecule has 0 aliphatic rings. The molecule has 2 aromatic rings. The molecule has 0 heterocycles. The number of carbonyl (C=O) groups excluding carboxylic acids is 2. The predicted molar refractivity (Wildman–Crippen MR) is 93.5 cm³/mol. The second-order valence-corrected chi connectivity index (χ2v) is 5.43. The maximum absolute atomic E-state index is 11.9. The van der Waals surface area contributed by atoms with Crippen LogP contribution in [0.5, 0.6) is 0 Å². The van der Waals surface area contributed by atoms with Crippen LogP contribution in [0.1, 0.15) is 29.8 Å². The first-order valence-corrected chi connectivity index (χ1v) is 7.67. The minimum Gasteiger partial charge on any atom is -0.462 e. The molecule has 0 atom stereocenters. The monoisotopic (exact) mass is 342 g/mol. The Balaban J connectivity index is 2.53. The normalized spacial score (nSPS) is 10.2. The predicted octanol–water partition coefficient (Wildman–Crippen LogP) is 3.71. The standard InChI is InChI=1S/C18H18N2O5/c1-4-25-18(22)14-7-5-6-13(9-14)15-8-11(2)17(19-12(3)21)16(10-15)20(23)24/h5-10H,4H2,1-3H3,(H,19,21). The molecule has 1 N–H and O–H groups in total. The van der Waals surface area contributed by atoms with E-state index >= 15 is 0 Å². The van der Waals surface area contributed by atoms with Crippen LogP contribution in [0.2, 0.25) is 0 Å². The van der Waals surface area contributed by atoms with Crippen LogP contribution in [-0.4, -0.2) is 23.4 Å². The first kappa shape index (κ1) is 18.1. The lowest BCUT2D eigenvalue weighted by Gasteiger charge is -2.11. The van der Waals surface area contributed by atoms with Crippen molar-refractivity contribution in [2.75, 3.05) is 11.9 Å². The second-order valence-electron chi connectivity index (χ2n) is 5.43. The number of nitro benzene ring substituents is 1. The topological polar surface area (TPSA) is 98.5 Å². The lowest BCUT2D eigenvalue weighted by atomic mass is 9.99. The lowest BCUT2D eigenvalue weighted by molar-refractivity contribution is -0.383. The number of hydrogen-bond donors (Lipinski definition) is 1. The Morgan fingerprint density at radius 3 is 2.52 bits per heavy atom. The molecular formula is C18H18N2O5. The highest BCUT2D eigenvalue weighted by Crippen LogP contribution is 2.34. The molecule has 130 valence electrons. The number of nitrogens with zero attached hydrogens (tertiary/aromatic N) is 1. The van der Waals surface area contributed by atoms with E-state index < -0.39 is 10.9 Å².